The Balaban J connectivity index is 1.90. The molecule has 1 aliphatic rings. The highest BCUT2D eigenvalue weighted by Gasteiger charge is 2.20. The number of likely N-dealkylation sites (tertiary alicyclic amines) is 1. The van der Waals surface area contributed by atoms with Crippen molar-refractivity contribution in [3.05, 3.63) is 29.3 Å². The first-order valence-corrected chi connectivity index (χ1v) is 7.35. The first-order valence-electron chi connectivity index (χ1n) is 7.35. The molecule has 1 aromatic rings. The first-order chi connectivity index (χ1) is 9.58. The molecule has 4 nitrogen and oxygen atoms in total. The predicted octanol–water partition coefficient (Wildman–Crippen LogP) is 1.93. The van der Waals surface area contributed by atoms with Crippen molar-refractivity contribution < 1.29 is 4.79 Å². The average molecular weight is 275 g/mol. The van der Waals surface area contributed by atoms with Crippen LogP contribution in [0.1, 0.15) is 24.0 Å². The van der Waals surface area contributed by atoms with Crippen LogP contribution in [0.5, 0.6) is 0 Å². The van der Waals surface area contributed by atoms with Crippen LogP contribution < -0.4 is 10.6 Å². The number of piperidine rings is 1. The monoisotopic (exact) mass is 275 g/mol. The summed E-state index contributed by atoms with van der Waals surface area (Å²) in [7, 11) is 1.99. The maximum atomic E-state index is 12.2. The molecule has 20 heavy (non-hydrogen) atoms. The van der Waals surface area contributed by atoms with Gasteiger partial charge in [0.1, 0.15) is 0 Å². The van der Waals surface area contributed by atoms with Gasteiger partial charge in [-0.2, -0.15) is 0 Å². The lowest BCUT2D eigenvalue weighted by Crippen LogP contribution is -2.46. The van der Waals surface area contributed by atoms with E-state index in [9.17, 15) is 4.79 Å². The fourth-order valence-corrected chi connectivity index (χ4v) is 2.70. The summed E-state index contributed by atoms with van der Waals surface area (Å²) in [4.78, 5) is 14.4. The van der Waals surface area contributed by atoms with E-state index in [4.69, 9.17) is 0 Å². The predicted molar refractivity (Wildman–Crippen MR) is 83.1 cm³/mol. The van der Waals surface area contributed by atoms with Crippen LogP contribution in [0.2, 0.25) is 0 Å². The van der Waals surface area contributed by atoms with Gasteiger partial charge in [0.15, 0.2) is 0 Å². The Morgan fingerprint density at radius 3 is 2.95 bits per heavy atom. The summed E-state index contributed by atoms with van der Waals surface area (Å²) in [5.74, 6) is 0.0791. The summed E-state index contributed by atoms with van der Waals surface area (Å²) in [5.41, 5.74) is 3.20. The number of benzene rings is 1. The Hall–Kier alpha value is -1.39. The van der Waals surface area contributed by atoms with Gasteiger partial charge in [-0.15, -0.1) is 0 Å². The fourth-order valence-electron chi connectivity index (χ4n) is 2.70. The smallest absolute Gasteiger partial charge is 0.238 e. The van der Waals surface area contributed by atoms with Gasteiger partial charge in [0, 0.05) is 18.3 Å². The highest BCUT2D eigenvalue weighted by Crippen LogP contribution is 2.16. The van der Waals surface area contributed by atoms with E-state index >= 15 is 0 Å². The average Bonchev–Trinajstić information content (AvgIpc) is 2.43. The van der Waals surface area contributed by atoms with E-state index in [0.29, 0.717) is 12.6 Å². The molecule has 1 heterocycles. The number of nitrogens with one attached hydrogen (secondary N) is 2. The number of rotatable bonds is 4. The molecule has 1 aliphatic heterocycles. The van der Waals surface area contributed by atoms with Crippen LogP contribution in [-0.4, -0.2) is 43.5 Å². The number of hydrogen-bond donors (Lipinski definition) is 2. The summed E-state index contributed by atoms with van der Waals surface area (Å²) < 4.78 is 0. The van der Waals surface area contributed by atoms with Crippen LogP contribution >= 0.6 is 0 Å². The molecule has 0 saturated carbocycles. The molecule has 1 amide bonds. The van der Waals surface area contributed by atoms with Gasteiger partial charge in [0.2, 0.25) is 5.91 Å². The van der Waals surface area contributed by atoms with E-state index < -0.39 is 0 Å². The van der Waals surface area contributed by atoms with Gasteiger partial charge in [-0.1, -0.05) is 12.1 Å². The molecule has 0 bridgehead atoms. The number of hydrogen-bond acceptors (Lipinski definition) is 3. The molecule has 2 N–H and O–H groups in total. The standard InChI is InChI=1S/C16H25N3O/c1-12-6-7-13(2)15(9-12)18-16(20)11-19-8-4-5-14(10-19)17-3/h6-7,9,14,17H,4-5,8,10-11H2,1-3H3,(H,18,20). The van der Waals surface area contributed by atoms with Gasteiger partial charge < -0.3 is 10.6 Å². The van der Waals surface area contributed by atoms with E-state index in [0.717, 1.165) is 30.8 Å². The second-order valence-corrected chi connectivity index (χ2v) is 5.73. The van der Waals surface area contributed by atoms with Gasteiger partial charge in [-0.05, 0) is 57.5 Å². The molecule has 1 saturated heterocycles. The van der Waals surface area contributed by atoms with Crippen molar-refractivity contribution in [2.24, 2.45) is 0 Å². The minimum absolute atomic E-state index is 0.0791. The highest BCUT2D eigenvalue weighted by molar-refractivity contribution is 5.93. The Labute approximate surface area is 121 Å². The van der Waals surface area contributed by atoms with Crippen molar-refractivity contribution in [3.63, 3.8) is 0 Å². The molecule has 4 heteroatoms. The van der Waals surface area contributed by atoms with E-state index in [1.54, 1.807) is 0 Å². The summed E-state index contributed by atoms with van der Waals surface area (Å²) in [6.07, 6.45) is 2.36. The van der Waals surface area contributed by atoms with E-state index in [-0.39, 0.29) is 5.91 Å². The largest absolute Gasteiger partial charge is 0.325 e. The Morgan fingerprint density at radius 1 is 1.40 bits per heavy atom. The lowest BCUT2D eigenvalue weighted by molar-refractivity contribution is -0.117. The van der Waals surface area contributed by atoms with Crippen LogP contribution in [0.3, 0.4) is 0 Å². The SMILES string of the molecule is CNC1CCCN(CC(=O)Nc2cc(C)ccc2C)C1. The molecule has 1 unspecified atom stereocenters. The van der Waals surface area contributed by atoms with Crippen molar-refractivity contribution in [3.8, 4) is 0 Å². The molecule has 0 aliphatic carbocycles. The lowest BCUT2D eigenvalue weighted by atomic mass is 10.1. The van der Waals surface area contributed by atoms with Crippen LogP contribution in [0, 0.1) is 13.8 Å². The minimum Gasteiger partial charge on any atom is -0.325 e. The molecular formula is C16H25N3O. The van der Waals surface area contributed by atoms with Gasteiger partial charge >= 0.3 is 0 Å². The van der Waals surface area contributed by atoms with Crippen LogP contribution in [-0.2, 0) is 4.79 Å². The van der Waals surface area contributed by atoms with Crippen molar-refractivity contribution >= 4 is 11.6 Å². The van der Waals surface area contributed by atoms with Crippen molar-refractivity contribution in [2.75, 3.05) is 32.0 Å². The molecule has 1 fully saturated rings. The number of nitrogens with zero attached hydrogens (tertiary/aromatic N) is 1. The van der Waals surface area contributed by atoms with E-state index in [2.05, 4.69) is 21.6 Å². The number of anilines is 1. The van der Waals surface area contributed by atoms with Gasteiger partial charge in [-0.25, -0.2) is 0 Å². The summed E-state index contributed by atoms with van der Waals surface area (Å²) in [5, 5.41) is 6.33. The second kappa shape index (κ2) is 6.86. The number of carbonyl (C=O) groups excluding carboxylic acids is 1. The van der Waals surface area contributed by atoms with Crippen molar-refractivity contribution in [1.82, 2.24) is 10.2 Å². The number of aryl methyl sites for hydroxylation is 2. The second-order valence-electron chi connectivity index (χ2n) is 5.73. The Bertz CT molecular complexity index is 473. The minimum atomic E-state index is 0.0791. The van der Waals surface area contributed by atoms with E-state index in [1.807, 2.05) is 33.0 Å². The molecule has 0 spiro atoms. The Kier molecular flexibility index (Phi) is 5.15. The molecule has 1 aromatic carbocycles. The maximum absolute atomic E-state index is 12.2. The zero-order chi connectivity index (χ0) is 14.5. The molecule has 1 atom stereocenters. The van der Waals surface area contributed by atoms with Crippen molar-refractivity contribution in [2.45, 2.75) is 32.7 Å². The lowest BCUT2D eigenvalue weighted by Gasteiger charge is -2.31. The van der Waals surface area contributed by atoms with Gasteiger partial charge in [-0.3, -0.25) is 9.69 Å². The quantitative estimate of drug-likeness (QED) is 0.882. The highest BCUT2D eigenvalue weighted by atomic mass is 16.2. The van der Waals surface area contributed by atoms with Crippen LogP contribution in [0.15, 0.2) is 18.2 Å². The molecule has 2 rings (SSSR count). The molecule has 110 valence electrons. The third-order valence-corrected chi connectivity index (χ3v) is 3.95. The first kappa shape index (κ1) is 15.0. The van der Waals surface area contributed by atoms with E-state index in [1.165, 1.54) is 12.0 Å². The zero-order valence-electron chi connectivity index (χ0n) is 12.7. The number of amides is 1. The molecule has 0 aromatic heterocycles. The van der Waals surface area contributed by atoms with Gasteiger partial charge in [0.05, 0.1) is 6.54 Å². The fraction of sp³-hybridized carbons (Fsp3) is 0.562. The van der Waals surface area contributed by atoms with Crippen LogP contribution in [0.4, 0.5) is 5.69 Å². The third-order valence-electron chi connectivity index (χ3n) is 3.95. The molecule has 0 radical (unpaired) electrons. The van der Waals surface area contributed by atoms with Crippen molar-refractivity contribution in [1.29, 1.82) is 0 Å². The topological polar surface area (TPSA) is 44.4 Å². The summed E-state index contributed by atoms with van der Waals surface area (Å²) in [6.45, 7) is 6.50. The number of likely N-dealkylation sites (N-methyl/N-ethyl adjacent to an activating group) is 1. The van der Waals surface area contributed by atoms with Gasteiger partial charge in [0.25, 0.3) is 0 Å². The third kappa shape index (κ3) is 4.05. The van der Waals surface area contributed by atoms with Crippen LogP contribution in [0.25, 0.3) is 0 Å². The number of carbonyl (C=O) groups is 1. The summed E-state index contributed by atoms with van der Waals surface area (Å²) in [6, 6.07) is 6.65. The Morgan fingerprint density at radius 2 is 2.20 bits per heavy atom. The normalized spacial score (nSPS) is 19.9. The molecular weight excluding hydrogens is 250 g/mol. The maximum Gasteiger partial charge on any atom is 0.238 e. The zero-order valence-corrected chi connectivity index (χ0v) is 12.7. The summed E-state index contributed by atoms with van der Waals surface area (Å²) >= 11 is 0.